The third kappa shape index (κ3) is 7.54. The largest absolute Gasteiger partial charge is 0.497 e. The van der Waals surface area contributed by atoms with Crippen LogP contribution in [0.2, 0.25) is 0 Å². The van der Waals surface area contributed by atoms with Gasteiger partial charge >= 0.3 is 0 Å². The lowest BCUT2D eigenvalue weighted by molar-refractivity contribution is 0.414. The van der Waals surface area contributed by atoms with Crippen LogP contribution in [0.4, 0.5) is 51.2 Å². The summed E-state index contributed by atoms with van der Waals surface area (Å²) in [4.78, 5) is 6.93. The quantitative estimate of drug-likeness (QED) is 0.131. The summed E-state index contributed by atoms with van der Waals surface area (Å²) in [6.07, 6.45) is 0. The number of para-hydroxylation sites is 2. The first kappa shape index (κ1) is 37.1. The predicted octanol–water partition coefficient (Wildman–Crippen LogP) is 15.0. The van der Waals surface area contributed by atoms with Gasteiger partial charge in [-0.1, -0.05) is 66.7 Å². The van der Waals surface area contributed by atoms with Gasteiger partial charge in [0.15, 0.2) is 0 Å². The molecular weight excluding hydrogens is 723 g/mol. The molecule has 0 saturated carbocycles. The van der Waals surface area contributed by atoms with Crippen molar-refractivity contribution in [1.82, 2.24) is 0 Å². The van der Waals surface area contributed by atoms with E-state index in [2.05, 4.69) is 204 Å². The highest BCUT2D eigenvalue weighted by Crippen LogP contribution is 2.42. The third-order valence-corrected chi connectivity index (χ3v) is 11.1. The van der Waals surface area contributed by atoms with Crippen LogP contribution in [0, 0.1) is 13.8 Å². The summed E-state index contributed by atoms with van der Waals surface area (Å²) in [5.41, 5.74) is 12.3. The smallest absolute Gasteiger partial charge is 0.119 e. The summed E-state index contributed by atoms with van der Waals surface area (Å²) >= 11 is 0. The fraction of sp³-hybridized carbons (Fsp3) is 0.0741. The van der Waals surface area contributed by atoms with Crippen molar-refractivity contribution < 1.29 is 9.47 Å². The van der Waals surface area contributed by atoms with E-state index in [0.717, 1.165) is 84.2 Å². The van der Waals surface area contributed by atoms with Crippen LogP contribution in [0.3, 0.4) is 0 Å². The average Bonchev–Trinajstić information content (AvgIpc) is 3.29. The molecule has 288 valence electrons. The number of rotatable bonds is 11. The molecule has 9 rings (SSSR count). The minimum Gasteiger partial charge on any atom is -0.497 e. The molecule has 0 aliphatic rings. The highest BCUT2D eigenvalue weighted by Gasteiger charge is 2.18. The Morgan fingerprint density at radius 3 is 0.898 bits per heavy atom. The molecule has 0 aliphatic carbocycles. The zero-order valence-corrected chi connectivity index (χ0v) is 33.7. The van der Waals surface area contributed by atoms with E-state index in [4.69, 9.17) is 9.47 Å². The monoisotopic (exact) mass is 767 g/mol. The van der Waals surface area contributed by atoms with Crippen molar-refractivity contribution in [3.05, 3.63) is 211 Å². The van der Waals surface area contributed by atoms with Gasteiger partial charge in [-0.05, 0) is 180 Å². The number of hydrogen-bond acceptors (Lipinski definition) is 5. The van der Waals surface area contributed by atoms with E-state index in [1.54, 1.807) is 14.2 Å². The molecule has 0 spiro atoms. The fourth-order valence-electron chi connectivity index (χ4n) is 7.82. The maximum Gasteiger partial charge on any atom is 0.119 e. The molecule has 0 unspecified atom stereocenters. The minimum absolute atomic E-state index is 0.830. The van der Waals surface area contributed by atoms with Crippen LogP contribution in [0.1, 0.15) is 11.1 Å². The molecule has 59 heavy (non-hydrogen) atoms. The van der Waals surface area contributed by atoms with Gasteiger partial charge in [0.2, 0.25) is 0 Å². The Hall–Kier alpha value is -7.50. The highest BCUT2D eigenvalue weighted by atomic mass is 16.5. The van der Waals surface area contributed by atoms with Gasteiger partial charge < -0.3 is 24.2 Å². The first-order valence-corrected chi connectivity index (χ1v) is 19.9. The number of benzene rings is 9. The summed E-state index contributed by atoms with van der Waals surface area (Å²) in [5.74, 6) is 1.66. The van der Waals surface area contributed by atoms with Crippen LogP contribution >= 0.6 is 0 Å². The van der Waals surface area contributed by atoms with Gasteiger partial charge in [-0.15, -0.1) is 0 Å². The van der Waals surface area contributed by atoms with Crippen LogP contribution < -0.4 is 24.2 Å². The Balaban J connectivity index is 1.11. The number of fused-ring (bicyclic) bond motifs is 2. The molecule has 0 aliphatic heterocycles. The molecule has 9 aromatic rings. The van der Waals surface area contributed by atoms with Crippen molar-refractivity contribution in [2.45, 2.75) is 13.8 Å². The van der Waals surface area contributed by atoms with Crippen LogP contribution in [0.15, 0.2) is 200 Å². The molecule has 5 nitrogen and oxygen atoms in total. The zero-order chi connectivity index (χ0) is 40.3. The SMILES string of the molecule is COc1ccc(N(c2ccccc2)c2ccc3cc(N(c4ccc(C)c(C)c4)c4ccc5cc(N(c6ccccc6)c6ccc(OC)cc6)ccc5c4)ccc3c2)cc1. The summed E-state index contributed by atoms with van der Waals surface area (Å²) < 4.78 is 10.9. The molecule has 0 saturated heterocycles. The Morgan fingerprint density at radius 1 is 0.271 bits per heavy atom. The van der Waals surface area contributed by atoms with E-state index in [0.29, 0.717) is 0 Å². The van der Waals surface area contributed by atoms with Gasteiger partial charge in [0.1, 0.15) is 11.5 Å². The van der Waals surface area contributed by atoms with Crippen LogP contribution in [0.25, 0.3) is 21.5 Å². The number of methoxy groups -OCH3 is 2. The normalized spacial score (nSPS) is 11.1. The zero-order valence-electron chi connectivity index (χ0n) is 33.7. The number of anilines is 9. The lowest BCUT2D eigenvalue weighted by Crippen LogP contribution is -2.11. The molecule has 0 radical (unpaired) electrons. The number of aryl methyl sites for hydroxylation is 2. The molecule has 0 fully saturated rings. The number of hydrogen-bond donors (Lipinski definition) is 0. The molecule has 0 N–H and O–H groups in total. The van der Waals surface area contributed by atoms with Gasteiger partial charge in [0, 0.05) is 51.2 Å². The van der Waals surface area contributed by atoms with Crippen molar-refractivity contribution in [3.8, 4) is 11.5 Å². The van der Waals surface area contributed by atoms with Crippen molar-refractivity contribution in [1.29, 1.82) is 0 Å². The van der Waals surface area contributed by atoms with Gasteiger partial charge in [0.05, 0.1) is 14.2 Å². The van der Waals surface area contributed by atoms with E-state index >= 15 is 0 Å². The second kappa shape index (κ2) is 16.2. The minimum atomic E-state index is 0.830. The highest BCUT2D eigenvalue weighted by molar-refractivity contribution is 5.96. The second-order valence-electron chi connectivity index (χ2n) is 14.8. The van der Waals surface area contributed by atoms with E-state index in [9.17, 15) is 0 Å². The molecule has 0 aromatic heterocycles. The van der Waals surface area contributed by atoms with E-state index < -0.39 is 0 Å². The van der Waals surface area contributed by atoms with Crippen molar-refractivity contribution in [3.63, 3.8) is 0 Å². The summed E-state index contributed by atoms with van der Waals surface area (Å²) in [6.45, 7) is 4.35. The average molecular weight is 768 g/mol. The maximum atomic E-state index is 5.47. The summed E-state index contributed by atoms with van der Waals surface area (Å²) in [6, 6.07) is 71.1. The van der Waals surface area contributed by atoms with Crippen molar-refractivity contribution >= 4 is 72.7 Å². The molecule has 5 heteroatoms. The topological polar surface area (TPSA) is 28.2 Å². The summed E-state index contributed by atoms with van der Waals surface area (Å²) in [7, 11) is 3.40. The van der Waals surface area contributed by atoms with Crippen LogP contribution in [-0.4, -0.2) is 14.2 Å². The summed E-state index contributed by atoms with van der Waals surface area (Å²) in [5, 5.41) is 4.64. The molecule has 0 amide bonds. The lowest BCUT2D eigenvalue weighted by atomic mass is 10.0. The van der Waals surface area contributed by atoms with E-state index in [1.807, 2.05) is 24.3 Å². The van der Waals surface area contributed by atoms with E-state index in [1.165, 1.54) is 11.1 Å². The first-order chi connectivity index (χ1) is 28.9. The second-order valence-corrected chi connectivity index (χ2v) is 14.8. The molecule has 9 aromatic carbocycles. The lowest BCUT2D eigenvalue weighted by Gasteiger charge is -2.28. The van der Waals surface area contributed by atoms with Gasteiger partial charge in [0.25, 0.3) is 0 Å². The molecular formula is C54H45N3O2. The van der Waals surface area contributed by atoms with Crippen molar-refractivity contribution in [2.75, 3.05) is 28.9 Å². The molecule has 0 bridgehead atoms. The van der Waals surface area contributed by atoms with Crippen molar-refractivity contribution in [2.24, 2.45) is 0 Å². The van der Waals surface area contributed by atoms with Gasteiger partial charge in [-0.25, -0.2) is 0 Å². The Labute approximate surface area is 346 Å². The third-order valence-electron chi connectivity index (χ3n) is 11.1. The van der Waals surface area contributed by atoms with Gasteiger partial charge in [-0.2, -0.15) is 0 Å². The maximum absolute atomic E-state index is 5.47. The predicted molar refractivity (Wildman–Crippen MR) is 248 cm³/mol. The first-order valence-electron chi connectivity index (χ1n) is 19.9. The van der Waals surface area contributed by atoms with Crippen LogP contribution in [0.5, 0.6) is 11.5 Å². The standard InChI is InChI=1S/C54H45N3O2/c1-38-15-20-48(33-39(38)2)57(51-23-18-40-34-49(21-16-42(40)36-51)55(44-11-7-5-8-12-44)46-25-29-53(58-3)30-26-46)52-24-19-41-35-50(22-17-43(41)37-52)56(45-13-9-6-10-14-45)47-27-31-54(59-4)32-28-47/h5-37H,1-4H3. The number of ether oxygens (including phenoxy) is 2. The Morgan fingerprint density at radius 2 is 0.559 bits per heavy atom. The Kier molecular flexibility index (Phi) is 10.2. The number of nitrogens with zero attached hydrogens (tertiary/aromatic N) is 3. The Bertz CT molecular complexity index is 2700. The van der Waals surface area contributed by atoms with E-state index in [-0.39, 0.29) is 0 Å². The van der Waals surface area contributed by atoms with Crippen LogP contribution in [-0.2, 0) is 0 Å². The van der Waals surface area contributed by atoms with Gasteiger partial charge in [-0.3, -0.25) is 0 Å². The molecule has 0 heterocycles. The molecule has 0 atom stereocenters. The fourth-order valence-corrected chi connectivity index (χ4v) is 7.82.